The molecule has 0 N–H and O–H groups in total. The van der Waals surface area contributed by atoms with Crippen molar-refractivity contribution in [2.45, 2.75) is 6.42 Å². The minimum absolute atomic E-state index is 0.0877. The normalized spacial score (nSPS) is 8.93. The molecule has 1 aromatic carbocycles. The van der Waals surface area contributed by atoms with Crippen LogP contribution in [0.1, 0.15) is 12.0 Å². The van der Waals surface area contributed by atoms with Crippen molar-refractivity contribution >= 4 is 18.3 Å². The standard InChI is InChI=1S/C10H9NO2S/c12-11(13)10-6-4-9(5-7-10)3-1-2-8-14/h4-7,14H,2,8H2. The molecule has 0 amide bonds. The van der Waals surface area contributed by atoms with E-state index in [1.807, 2.05) is 0 Å². The van der Waals surface area contributed by atoms with E-state index < -0.39 is 4.92 Å². The number of non-ortho nitro benzene ring substituents is 1. The van der Waals surface area contributed by atoms with Crippen LogP contribution >= 0.6 is 12.6 Å². The first-order valence-electron chi connectivity index (χ1n) is 4.08. The van der Waals surface area contributed by atoms with Crippen LogP contribution in [0.2, 0.25) is 0 Å². The highest BCUT2D eigenvalue weighted by atomic mass is 32.1. The van der Waals surface area contributed by atoms with Gasteiger partial charge in [0.15, 0.2) is 0 Å². The summed E-state index contributed by atoms with van der Waals surface area (Å²) < 4.78 is 0. The van der Waals surface area contributed by atoms with Crippen molar-refractivity contribution in [2.24, 2.45) is 0 Å². The first kappa shape index (κ1) is 10.6. The summed E-state index contributed by atoms with van der Waals surface area (Å²) in [7, 11) is 0. The molecule has 72 valence electrons. The smallest absolute Gasteiger partial charge is 0.258 e. The molecule has 0 fully saturated rings. The first-order chi connectivity index (χ1) is 6.74. The van der Waals surface area contributed by atoms with Crippen LogP contribution in [-0.4, -0.2) is 10.7 Å². The van der Waals surface area contributed by atoms with E-state index in [0.29, 0.717) is 0 Å². The van der Waals surface area contributed by atoms with Crippen molar-refractivity contribution in [3.05, 3.63) is 39.9 Å². The van der Waals surface area contributed by atoms with Gasteiger partial charge >= 0.3 is 0 Å². The lowest BCUT2D eigenvalue weighted by molar-refractivity contribution is -0.384. The molecule has 0 heterocycles. The van der Waals surface area contributed by atoms with Crippen molar-refractivity contribution in [2.75, 3.05) is 5.75 Å². The summed E-state index contributed by atoms with van der Waals surface area (Å²) in [6.07, 6.45) is 0.722. The van der Waals surface area contributed by atoms with E-state index in [1.54, 1.807) is 12.1 Å². The fourth-order valence-electron chi connectivity index (χ4n) is 0.887. The van der Waals surface area contributed by atoms with Gasteiger partial charge in [-0.25, -0.2) is 0 Å². The Kier molecular flexibility index (Phi) is 4.02. The molecule has 0 aromatic heterocycles. The number of hydrogen-bond acceptors (Lipinski definition) is 3. The van der Waals surface area contributed by atoms with E-state index in [1.165, 1.54) is 12.1 Å². The lowest BCUT2D eigenvalue weighted by atomic mass is 10.2. The largest absolute Gasteiger partial charge is 0.269 e. The Morgan fingerprint density at radius 3 is 2.50 bits per heavy atom. The van der Waals surface area contributed by atoms with E-state index in [-0.39, 0.29) is 5.69 Å². The van der Waals surface area contributed by atoms with Gasteiger partial charge in [-0.1, -0.05) is 11.8 Å². The molecule has 3 nitrogen and oxygen atoms in total. The maximum atomic E-state index is 10.3. The van der Waals surface area contributed by atoms with Gasteiger partial charge in [0.2, 0.25) is 0 Å². The second kappa shape index (κ2) is 5.30. The maximum absolute atomic E-state index is 10.3. The van der Waals surface area contributed by atoms with Gasteiger partial charge in [0, 0.05) is 29.9 Å². The van der Waals surface area contributed by atoms with Gasteiger partial charge in [0.05, 0.1) is 4.92 Å². The zero-order valence-corrected chi connectivity index (χ0v) is 8.33. The number of nitro groups is 1. The molecular formula is C10H9NO2S. The van der Waals surface area contributed by atoms with E-state index in [9.17, 15) is 10.1 Å². The average molecular weight is 207 g/mol. The Morgan fingerprint density at radius 1 is 1.36 bits per heavy atom. The second-order valence-electron chi connectivity index (χ2n) is 2.58. The summed E-state index contributed by atoms with van der Waals surface area (Å²) in [6, 6.07) is 6.18. The van der Waals surface area contributed by atoms with Crippen LogP contribution < -0.4 is 0 Å². The highest BCUT2D eigenvalue weighted by Crippen LogP contribution is 2.10. The minimum Gasteiger partial charge on any atom is -0.258 e. The third-order valence-corrected chi connectivity index (χ3v) is 1.77. The highest BCUT2D eigenvalue weighted by molar-refractivity contribution is 7.80. The van der Waals surface area contributed by atoms with Gasteiger partial charge in [-0.3, -0.25) is 10.1 Å². The van der Waals surface area contributed by atoms with E-state index in [4.69, 9.17) is 0 Å². The van der Waals surface area contributed by atoms with Crippen LogP contribution in [0.4, 0.5) is 5.69 Å². The van der Waals surface area contributed by atoms with Crippen LogP contribution in [-0.2, 0) is 0 Å². The molecule has 0 aliphatic rings. The van der Waals surface area contributed by atoms with E-state index in [2.05, 4.69) is 24.5 Å². The molecule has 1 aromatic rings. The zero-order chi connectivity index (χ0) is 10.4. The van der Waals surface area contributed by atoms with Gasteiger partial charge < -0.3 is 0 Å². The molecule has 0 atom stereocenters. The molecular weight excluding hydrogens is 198 g/mol. The predicted octanol–water partition coefficient (Wildman–Crippen LogP) is 2.27. The van der Waals surface area contributed by atoms with Crippen molar-refractivity contribution in [1.29, 1.82) is 0 Å². The Balaban J connectivity index is 2.75. The number of hydrogen-bond donors (Lipinski definition) is 1. The van der Waals surface area contributed by atoms with Gasteiger partial charge in [-0.05, 0) is 12.1 Å². The third-order valence-electron chi connectivity index (χ3n) is 1.55. The molecule has 0 bridgehead atoms. The lowest BCUT2D eigenvalue weighted by Gasteiger charge is -1.90. The molecule has 14 heavy (non-hydrogen) atoms. The second-order valence-corrected chi connectivity index (χ2v) is 3.03. The summed E-state index contributed by atoms with van der Waals surface area (Å²) in [6.45, 7) is 0. The molecule has 0 saturated carbocycles. The summed E-state index contributed by atoms with van der Waals surface area (Å²) in [5.41, 5.74) is 0.877. The molecule has 0 aliphatic heterocycles. The maximum Gasteiger partial charge on any atom is 0.269 e. The summed E-state index contributed by atoms with van der Waals surface area (Å²) >= 11 is 4.02. The first-order valence-corrected chi connectivity index (χ1v) is 4.71. The monoisotopic (exact) mass is 207 g/mol. The minimum atomic E-state index is -0.426. The van der Waals surface area contributed by atoms with Crippen LogP contribution in [0.5, 0.6) is 0 Å². The molecule has 4 heteroatoms. The third kappa shape index (κ3) is 3.11. The Morgan fingerprint density at radius 2 is 2.00 bits per heavy atom. The van der Waals surface area contributed by atoms with Gasteiger partial charge in [0.25, 0.3) is 5.69 Å². The SMILES string of the molecule is O=[N+]([O-])c1ccc(C#CCCS)cc1. The summed E-state index contributed by atoms with van der Waals surface area (Å²) in [4.78, 5) is 9.91. The Hall–Kier alpha value is -1.47. The number of thiol groups is 1. The van der Waals surface area contributed by atoms with E-state index >= 15 is 0 Å². The van der Waals surface area contributed by atoms with Crippen LogP contribution in [0, 0.1) is 22.0 Å². The van der Waals surface area contributed by atoms with Crippen molar-refractivity contribution in [3.63, 3.8) is 0 Å². The fraction of sp³-hybridized carbons (Fsp3) is 0.200. The molecule has 1 rings (SSSR count). The van der Waals surface area contributed by atoms with Gasteiger partial charge in [-0.15, -0.1) is 0 Å². The lowest BCUT2D eigenvalue weighted by Crippen LogP contribution is -1.86. The van der Waals surface area contributed by atoms with Crippen LogP contribution in [0.15, 0.2) is 24.3 Å². The highest BCUT2D eigenvalue weighted by Gasteiger charge is 2.01. The number of nitro benzene ring substituents is 1. The van der Waals surface area contributed by atoms with Crippen molar-refractivity contribution < 1.29 is 4.92 Å². The number of nitrogens with zero attached hydrogens (tertiary/aromatic N) is 1. The van der Waals surface area contributed by atoms with E-state index in [0.717, 1.165) is 17.7 Å². The van der Waals surface area contributed by atoms with Gasteiger partial charge in [-0.2, -0.15) is 12.6 Å². The topological polar surface area (TPSA) is 43.1 Å². The molecule has 0 unspecified atom stereocenters. The molecule has 0 spiro atoms. The average Bonchev–Trinajstić information content (AvgIpc) is 2.19. The van der Waals surface area contributed by atoms with Crippen molar-refractivity contribution in [1.82, 2.24) is 0 Å². The van der Waals surface area contributed by atoms with Crippen LogP contribution in [0.3, 0.4) is 0 Å². The number of rotatable bonds is 2. The van der Waals surface area contributed by atoms with Crippen molar-refractivity contribution in [3.8, 4) is 11.8 Å². The Bertz CT molecular complexity index is 375. The summed E-state index contributed by atoms with van der Waals surface area (Å²) in [5.74, 6) is 6.52. The van der Waals surface area contributed by atoms with Gasteiger partial charge in [0.1, 0.15) is 0 Å². The predicted molar refractivity (Wildman–Crippen MR) is 58.4 cm³/mol. The number of benzene rings is 1. The molecule has 0 aliphatic carbocycles. The molecule has 0 radical (unpaired) electrons. The summed E-state index contributed by atoms with van der Waals surface area (Å²) in [5, 5.41) is 10.3. The Labute approximate surface area is 87.7 Å². The zero-order valence-electron chi connectivity index (χ0n) is 7.43. The fourth-order valence-corrected chi connectivity index (χ4v) is 0.999. The van der Waals surface area contributed by atoms with Crippen LogP contribution in [0.25, 0.3) is 0 Å². The molecule has 0 saturated heterocycles. The quantitative estimate of drug-likeness (QED) is 0.350.